The van der Waals surface area contributed by atoms with Gasteiger partial charge in [0.25, 0.3) is 5.91 Å². The molecule has 2 aromatic carbocycles. The number of methoxy groups -OCH3 is 2. The molecule has 0 saturated carbocycles. The number of rotatable bonds is 5. The van der Waals surface area contributed by atoms with Crippen LogP contribution in [0.2, 0.25) is 0 Å². The van der Waals surface area contributed by atoms with Gasteiger partial charge in [0, 0.05) is 30.6 Å². The van der Waals surface area contributed by atoms with Crippen LogP contribution in [0.4, 0.5) is 0 Å². The predicted octanol–water partition coefficient (Wildman–Crippen LogP) is 3.20. The van der Waals surface area contributed by atoms with E-state index in [1.165, 1.54) is 7.11 Å². The molecule has 2 amide bonds. The highest BCUT2D eigenvalue weighted by Crippen LogP contribution is 2.46. The SMILES string of the molecule is COc1cc2c(cc1OC)[C@H](C(=O)N1CCOCC1)[C@@H](c1ccc(SC)cc1)N(C)C2=O. The highest BCUT2D eigenvalue weighted by Gasteiger charge is 2.45. The molecule has 0 spiro atoms. The number of amides is 2. The molecule has 2 heterocycles. The Labute approximate surface area is 192 Å². The van der Waals surface area contributed by atoms with Crippen molar-refractivity contribution in [2.45, 2.75) is 16.9 Å². The minimum atomic E-state index is -0.564. The van der Waals surface area contributed by atoms with Crippen LogP contribution in [0.1, 0.15) is 33.4 Å². The predicted molar refractivity (Wildman–Crippen MR) is 123 cm³/mol. The molecule has 2 atom stereocenters. The first kappa shape index (κ1) is 22.5. The van der Waals surface area contributed by atoms with Crippen molar-refractivity contribution in [3.05, 3.63) is 53.1 Å². The summed E-state index contributed by atoms with van der Waals surface area (Å²) in [5.41, 5.74) is 2.06. The highest BCUT2D eigenvalue weighted by atomic mass is 32.2. The fraction of sp³-hybridized carbons (Fsp3) is 0.417. The van der Waals surface area contributed by atoms with E-state index in [1.807, 2.05) is 35.4 Å². The number of benzene rings is 2. The first-order chi connectivity index (χ1) is 15.5. The van der Waals surface area contributed by atoms with Gasteiger partial charge in [0.05, 0.1) is 39.4 Å². The molecule has 1 saturated heterocycles. The molecule has 2 aliphatic heterocycles. The van der Waals surface area contributed by atoms with Gasteiger partial charge in [-0.15, -0.1) is 11.8 Å². The van der Waals surface area contributed by atoms with E-state index in [1.54, 1.807) is 43.0 Å². The van der Waals surface area contributed by atoms with Crippen LogP contribution in [-0.4, -0.2) is 75.4 Å². The second-order valence-corrected chi connectivity index (χ2v) is 8.72. The first-order valence-corrected chi connectivity index (χ1v) is 11.8. The number of carbonyl (C=O) groups excluding carboxylic acids is 2. The summed E-state index contributed by atoms with van der Waals surface area (Å²) in [6.07, 6.45) is 2.02. The fourth-order valence-corrected chi connectivity index (χ4v) is 4.92. The minimum absolute atomic E-state index is 0.0138. The topological polar surface area (TPSA) is 68.3 Å². The fourth-order valence-electron chi connectivity index (χ4n) is 4.51. The standard InChI is InChI=1S/C24H28N2O5S/c1-25-22(15-5-7-16(32-4)8-6-15)21(24(28)26-9-11-31-12-10-26)17-13-19(29-2)20(30-3)14-18(17)23(25)27/h5-8,13-14,21-22H,9-12H2,1-4H3/t21-,22+/m0/s1. The Bertz CT molecular complexity index is 1000. The van der Waals surface area contributed by atoms with Gasteiger partial charge in [-0.1, -0.05) is 12.1 Å². The summed E-state index contributed by atoms with van der Waals surface area (Å²) in [6.45, 7) is 2.10. The molecule has 0 N–H and O–H groups in total. The average molecular weight is 457 g/mol. The largest absolute Gasteiger partial charge is 0.493 e. The van der Waals surface area contributed by atoms with Crippen molar-refractivity contribution in [1.82, 2.24) is 9.80 Å². The number of morpholine rings is 1. The maximum atomic E-state index is 13.9. The van der Waals surface area contributed by atoms with Gasteiger partial charge in [-0.25, -0.2) is 0 Å². The first-order valence-electron chi connectivity index (χ1n) is 10.5. The normalized spacial score (nSPS) is 20.7. The van der Waals surface area contributed by atoms with Crippen molar-refractivity contribution in [2.75, 3.05) is 53.8 Å². The van der Waals surface area contributed by atoms with Crippen molar-refractivity contribution in [3.8, 4) is 11.5 Å². The smallest absolute Gasteiger partial charge is 0.254 e. The number of carbonyl (C=O) groups is 2. The number of fused-ring (bicyclic) bond motifs is 1. The number of hydrogen-bond donors (Lipinski definition) is 0. The molecule has 0 aliphatic carbocycles. The molecule has 7 nitrogen and oxygen atoms in total. The van der Waals surface area contributed by atoms with E-state index >= 15 is 0 Å². The minimum Gasteiger partial charge on any atom is -0.493 e. The van der Waals surface area contributed by atoms with Crippen molar-refractivity contribution < 1.29 is 23.8 Å². The van der Waals surface area contributed by atoms with Crippen molar-refractivity contribution >= 4 is 23.6 Å². The van der Waals surface area contributed by atoms with E-state index in [0.717, 1.165) is 10.5 Å². The van der Waals surface area contributed by atoms with E-state index in [0.29, 0.717) is 48.9 Å². The molecule has 170 valence electrons. The van der Waals surface area contributed by atoms with E-state index in [2.05, 4.69) is 0 Å². The molecular formula is C24H28N2O5S. The van der Waals surface area contributed by atoms with Gasteiger partial charge in [-0.05, 0) is 41.6 Å². The van der Waals surface area contributed by atoms with Crippen molar-refractivity contribution in [1.29, 1.82) is 0 Å². The maximum absolute atomic E-state index is 13.9. The zero-order valence-electron chi connectivity index (χ0n) is 18.8. The van der Waals surface area contributed by atoms with E-state index < -0.39 is 12.0 Å². The number of ether oxygens (including phenoxy) is 3. The summed E-state index contributed by atoms with van der Waals surface area (Å²) in [6, 6.07) is 11.1. The molecular weight excluding hydrogens is 428 g/mol. The molecule has 0 aromatic heterocycles. The zero-order valence-corrected chi connectivity index (χ0v) is 19.6. The van der Waals surface area contributed by atoms with Crippen LogP contribution in [-0.2, 0) is 9.53 Å². The third-order valence-corrected chi connectivity index (χ3v) is 6.96. The molecule has 4 rings (SSSR count). The van der Waals surface area contributed by atoms with Crippen LogP contribution >= 0.6 is 11.8 Å². The van der Waals surface area contributed by atoms with Crippen LogP contribution in [0, 0.1) is 0 Å². The molecule has 0 radical (unpaired) electrons. The molecule has 32 heavy (non-hydrogen) atoms. The van der Waals surface area contributed by atoms with E-state index in [4.69, 9.17) is 14.2 Å². The lowest BCUT2D eigenvalue weighted by Gasteiger charge is -2.42. The van der Waals surface area contributed by atoms with Gasteiger partial charge >= 0.3 is 0 Å². The Morgan fingerprint density at radius 2 is 1.69 bits per heavy atom. The third kappa shape index (κ3) is 3.93. The molecule has 0 bridgehead atoms. The van der Waals surface area contributed by atoms with Crippen LogP contribution in [0.5, 0.6) is 11.5 Å². The second-order valence-electron chi connectivity index (χ2n) is 7.84. The van der Waals surface area contributed by atoms with Crippen LogP contribution in [0.25, 0.3) is 0 Å². The van der Waals surface area contributed by atoms with Crippen molar-refractivity contribution in [3.63, 3.8) is 0 Å². The number of thioether (sulfide) groups is 1. The second kappa shape index (κ2) is 9.42. The molecule has 1 fully saturated rings. The summed E-state index contributed by atoms with van der Waals surface area (Å²) in [4.78, 5) is 31.9. The molecule has 0 unspecified atom stereocenters. The monoisotopic (exact) mass is 456 g/mol. The zero-order chi connectivity index (χ0) is 22.8. The molecule has 8 heteroatoms. The Kier molecular flexibility index (Phi) is 6.62. The van der Waals surface area contributed by atoms with Gasteiger partial charge in [0.15, 0.2) is 11.5 Å². The number of hydrogen-bond acceptors (Lipinski definition) is 6. The lowest BCUT2D eigenvalue weighted by Crippen LogP contribution is -2.49. The van der Waals surface area contributed by atoms with Gasteiger partial charge in [0.1, 0.15) is 0 Å². The summed E-state index contributed by atoms with van der Waals surface area (Å²) >= 11 is 1.65. The van der Waals surface area contributed by atoms with Gasteiger partial charge in [-0.3, -0.25) is 9.59 Å². The Morgan fingerprint density at radius 3 is 2.28 bits per heavy atom. The number of nitrogens with zero attached hydrogens (tertiary/aromatic N) is 2. The lowest BCUT2D eigenvalue weighted by atomic mass is 9.78. The Hall–Kier alpha value is -2.71. The Balaban J connectivity index is 1.88. The summed E-state index contributed by atoms with van der Waals surface area (Å²) in [5.74, 6) is 0.241. The lowest BCUT2D eigenvalue weighted by molar-refractivity contribution is -0.138. The quantitative estimate of drug-likeness (QED) is 0.644. The van der Waals surface area contributed by atoms with Crippen LogP contribution < -0.4 is 9.47 Å². The third-order valence-electron chi connectivity index (χ3n) is 6.22. The Morgan fingerprint density at radius 1 is 1.06 bits per heavy atom. The molecule has 2 aromatic rings. The van der Waals surface area contributed by atoms with Crippen molar-refractivity contribution in [2.24, 2.45) is 0 Å². The van der Waals surface area contributed by atoms with Crippen LogP contribution in [0.3, 0.4) is 0 Å². The van der Waals surface area contributed by atoms with Gasteiger partial charge < -0.3 is 24.0 Å². The summed E-state index contributed by atoms with van der Waals surface area (Å²) in [5, 5.41) is 0. The van der Waals surface area contributed by atoms with E-state index in [-0.39, 0.29) is 11.8 Å². The summed E-state index contributed by atoms with van der Waals surface area (Å²) in [7, 11) is 4.85. The highest BCUT2D eigenvalue weighted by molar-refractivity contribution is 7.98. The van der Waals surface area contributed by atoms with Gasteiger partial charge in [-0.2, -0.15) is 0 Å². The van der Waals surface area contributed by atoms with Gasteiger partial charge in [0.2, 0.25) is 5.91 Å². The maximum Gasteiger partial charge on any atom is 0.254 e. The molecule has 2 aliphatic rings. The van der Waals surface area contributed by atoms with E-state index in [9.17, 15) is 9.59 Å². The average Bonchev–Trinajstić information content (AvgIpc) is 2.85. The van der Waals surface area contributed by atoms with Crippen LogP contribution in [0.15, 0.2) is 41.3 Å². The number of likely N-dealkylation sites (N-methyl/N-ethyl adjacent to an activating group) is 1. The summed E-state index contributed by atoms with van der Waals surface area (Å²) < 4.78 is 16.4.